The molecule has 4 rings (SSSR count). The van der Waals surface area contributed by atoms with Crippen LogP contribution in [0.2, 0.25) is 0 Å². The zero-order chi connectivity index (χ0) is 27.1. The quantitative estimate of drug-likeness (QED) is 0.179. The third kappa shape index (κ3) is 7.68. The van der Waals surface area contributed by atoms with Crippen molar-refractivity contribution in [1.82, 2.24) is 35.3 Å². The summed E-state index contributed by atoms with van der Waals surface area (Å²) in [6.45, 7) is 8.04. The van der Waals surface area contributed by atoms with E-state index in [1.807, 2.05) is 27.7 Å². The van der Waals surface area contributed by atoms with Crippen molar-refractivity contribution in [1.29, 1.82) is 0 Å². The topological polar surface area (TPSA) is 166 Å². The van der Waals surface area contributed by atoms with Crippen LogP contribution in [0, 0.1) is 0 Å². The molecule has 0 aliphatic heterocycles. The van der Waals surface area contributed by atoms with Crippen molar-refractivity contribution >= 4 is 74.5 Å². The number of aromatic nitrogens is 7. The van der Waals surface area contributed by atoms with Gasteiger partial charge in [-0.05, 0) is 12.1 Å². The number of furan rings is 1. The summed E-state index contributed by atoms with van der Waals surface area (Å²) in [7, 11) is 0. The highest BCUT2D eigenvalue weighted by molar-refractivity contribution is 8.00. The van der Waals surface area contributed by atoms with E-state index < -0.39 is 0 Å². The second-order valence-electron chi connectivity index (χ2n) is 8.21. The molecule has 17 heteroatoms. The van der Waals surface area contributed by atoms with Crippen molar-refractivity contribution < 1.29 is 14.0 Å². The average molecular weight is 593 g/mol. The monoisotopic (exact) mass is 592 g/mol. The van der Waals surface area contributed by atoms with Gasteiger partial charge in [0.2, 0.25) is 32.4 Å². The molecule has 0 fully saturated rings. The van der Waals surface area contributed by atoms with Crippen LogP contribution in [0.3, 0.4) is 0 Å². The fourth-order valence-electron chi connectivity index (χ4n) is 2.62. The van der Waals surface area contributed by atoms with E-state index in [0.29, 0.717) is 26.3 Å². The Morgan fingerprint density at radius 2 is 1.45 bits per heavy atom. The Labute approximate surface area is 234 Å². The van der Waals surface area contributed by atoms with Gasteiger partial charge < -0.3 is 4.42 Å². The molecule has 0 spiro atoms. The van der Waals surface area contributed by atoms with E-state index in [4.69, 9.17) is 4.42 Å². The van der Waals surface area contributed by atoms with E-state index in [1.54, 1.807) is 12.1 Å². The van der Waals surface area contributed by atoms with Gasteiger partial charge in [-0.3, -0.25) is 20.2 Å². The van der Waals surface area contributed by atoms with Gasteiger partial charge in [0.25, 0.3) is 0 Å². The number of nitrogens with zero attached hydrogens (tertiary/aromatic N) is 8. The molecule has 0 atom stereocenters. The van der Waals surface area contributed by atoms with Gasteiger partial charge in [-0.15, -0.1) is 30.6 Å². The van der Waals surface area contributed by atoms with Crippen LogP contribution in [-0.2, 0) is 9.59 Å². The van der Waals surface area contributed by atoms with Crippen molar-refractivity contribution in [3.8, 4) is 0 Å². The molecular weight excluding hydrogens is 569 g/mol. The summed E-state index contributed by atoms with van der Waals surface area (Å²) in [5.74, 6) is 0.542. The van der Waals surface area contributed by atoms with Gasteiger partial charge in [0.05, 0.1) is 24.0 Å². The smallest absolute Gasteiger partial charge is 0.236 e. The van der Waals surface area contributed by atoms with Crippen LogP contribution < -0.4 is 10.6 Å². The van der Waals surface area contributed by atoms with Gasteiger partial charge in [0.15, 0.2) is 0 Å². The minimum Gasteiger partial charge on any atom is -0.463 e. The molecular formula is C21H24N10O3S4. The van der Waals surface area contributed by atoms with E-state index in [1.165, 1.54) is 39.8 Å². The van der Waals surface area contributed by atoms with Gasteiger partial charge in [-0.1, -0.05) is 73.9 Å². The Balaban J connectivity index is 1.40. The van der Waals surface area contributed by atoms with Crippen molar-refractivity contribution in [3.63, 3.8) is 0 Å². The molecule has 4 aromatic rings. The Hall–Kier alpha value is -3.15. The number of thioether (sulfide) groups is 2. The third-order valence-corrected chi connectivity index (χ3v) is 8.57. The molecule has 4 aromatic heterocycles. The summed E-state index contributed by atoms with van der Waals surface area (Å²) in [4.78, 5) is 25.0. The summed E-state index contributed by atoms with van der Waals surface area (Å²) in [5.41, 5.74) is 0. The van der Waals surface area contributed by atoms with Gasteiger partial charge in [-0.25, -0.2) is 0 Å². The van der Waals surface area contributed by atoms with E-state index in [2.05, 4.69) is 46.3 Å². The van der Waals surface area contributed by atoms with Gasteiger partial charge >= 0.3 is 0 Å². The minimum atomic E-state index is -0.266. The molecule has 0 aliphatic rings. The summed E-state index contributed by atoms with van der Waals surface area (Å²) < 4.78 is 6.77. The molecule has 4 heterocycles. The van der Waals surface area contributed by atoms with Crippen molar-refractivity contribution in [2.75, 3.05) is 22.1 Å². The number of hydrogen-bond donors (Lipinski definition) is 2. The highest BCUT2D eigenvalue weighted by Crippen LogP contribution is 2.26. The zero-order valence-corrected chi connectivity index (χ0v) is 24.1. The second kappa shape index (κ2) is 13.1. The molecule has 0 aliphatic carbocycles. The van der Waals surface area contributed by atoms with E-state index in [-0.39, 0.29) is 35.2 Å². The van der Waals surface area contributed by atoms with Crippen LogP contribution in [0.25, 0.3) is 0 Å². The first-order chi connectivity index (χ1) is 18.3. The van der Waals surface area contributed by atoms with E-state index in [0.717, 1.165) is 33.5 Å². The highest BCUT2D eigenvalue weighted by atomic mass is 32.2. The fraction of sp³-hybridized carbons (Fsp3) is 0.381. The predicted octanol–water partition coefficient (Wildman–Crippen LogP) is 4.16. The number of hydrogen-bond acceptors (Lipinski definition) is 14. The lowest BCUT2D eigenvalue weighted by atomic mass is 10.2. The molecule has 0 unspecified atom stereocenters. The van der Waals surface area contributed by atoms with E-state index >= 15 is 0 Å². The van der Waals surface area contributed by atoms with Crippen molar-refractivity contribution in [2.24, 2.45) is 5.10 Å². The standard InChI is InChI=1S/C21H24N10O3S4/c1-11(2)16-25-27-18(37-16)23-14(32)9-35-20-29-30-21(31(20)22-8-13-6-5-7-34-13)36-10-15(33)24-19-28-26-17(38-19)12(3)4/h5-8,11-12H,9-10H2,1-4H3,(H,23,27,32)(H,24,28,33)/b22-8-. The third-order valence-electron chi connectivity index (χ3n) is 4.45. The molecule has 200 valence electrons. The number of carbonyl (C=O) groups excluding carboxylic acids is 2. The van der Waals surface area contributed by atoms with Gasteiger partial charge in [0.1, 0.15) is 15.8 Å². The second-order valence-corrected chi connectivity index (χ2v) is 12.1. The first-order valence-electron chi connectivity index (χ1n) is 11.3. The van der Waals surface area contributed by atoms with E-state index in [9.17, 15) is 9.59 Å². The maximum atomic E-state index is 12.5. The Bertz CT molecular complexity index is 1310. The predicted molar refractivity (Wildman–Crippen MR) is 148 cm³/mol. The number of carbonyl (C=O) groups is 2. The average Bonchev–Trinajstić information content (AvgIpc) is 3.68. The molecule has 0 radical (unpaired) electrons. The maximum absolute atomic E-state index is 12.5. The number of amides is 2. The number of rotatable bonds is 12. The molecule has 38 heavy (non-hydrogen) atoms. The molecule has 2 N–H and O–H groups in total. The van der Waals surface area contributed by atoms with Crippen LogP contribution >= 0.6 is 46.2 Å². The normalized spacial score (nSPS) is 11.6. The van der Waals surface area contributed by atoms with Gasteiger partial charge in [-0.2, -0.15) is 9.78 Å². The van der Waals surface area contributed by atoms with Gasteiger partial charge in [0, 0.05) is 11.8 Å². The lowest BCUT2D eigenvalue weighted by Gasteiger charge is -2.04. The highest BCUT2D eigenvalue weighted by Gasteiger charge is 2.18. The largest absolute Gasteiger partial charge is 0.463 e. The number of anilines is 2. The molecule has 2 amide bonds. The molecule has 13 nitrogen and oxygen atoms in total. The summed E-state index contributed by atoms with van der Waals surface area (Å²) in [6.07, 6.45) is 3.03. The van der Waals surface area contributed by atoms with Crippen LogP contribution in [0.1, 0.15) is 55.3 Å². The lowest BCUT2D eigenvalue weighted by molar-refractivity contribution is -0.114. The summed E-state index contributed by atoms with van der Waals surface area (Å²) >= 11 is 4.97. The fourth-order valence-corrected chi connectivity index (χ4v) is 5.57. The first kappa shape index (κ1) is 27.9. The lowest BCUT2D eigenvalue weighted by Crippen LogP contribution is -2.15. The van der Waals surface area contributed by atoms with Crippen LogP contribution in [0.5, 0.6) is 0 Å². The van der Waals surface area contributed by atoms with Crippen LogP contribution in [-0.4, -0.2) is 64.8 Å². The Kier molecular flexibility index (Phi) is 9.59. The van der Waals surface area contributed by atoms with Crippen LogP contribution in [0.15, 0.2) is 38.2 Å². The molecule has 0 bridgehead atoms. The minimum absolute atomic E-state index is 0.0470. The SMILES string of the molecule is CC(C)c1nnc(NC(=O)CSc2nnc(SCC(=O)Nc3nnc(C(C)C)s3)n2/N=C\c2ccco2)s1. The Morgan fingerprint density at radius 3 is 1.87 bits per heavy atom. The summed E-state index contributed by atoms with van der Waals surface area (Å²) in [6, 6.07) is 3.49. The molecule has 0 aromatic carbocycles. The summed E-state index contributed by atoms with van der Waals surface area (Å²) in [5, 5.41) is 37.7. The first-order valence-corrected chi connectivity index (χ1v) is 14.9. The van der Waals surface area contributed by atoms with Crippen molar-refractivity contribution in [2.45, 2.75) is 49.8 Å². The zero-order valence-electron chi connectivity index (χ0n) is 20.8. The molecule has 0 saturated carbocycles. The van der Waals surface area contributed by atoms with Crippen LogP contribution in [0.4, 0.5) is 10.3 Å². The van der Waals surface area contributed by atoms with Crippen molar-refractivity contribution in [3.05, 3.63) is 34.2 Å². The number of nitrogens with one attached hydrogen (secondary N) is 2. The molecule has 0 saturated heterocycles. The Morgan fingerprint density at radius 1 is 0.921 bits per heavy atom. The maximum Gasteiger partial charge on any atom is 0.236 e.